The van der Waals surface area contributed by atoms with Gasteiger partial charge in [0.15, 0.2) is 5.83 Å². The molecule has 1 amide bonds. The summed E-state index contributed by atoms with van der Waals surface area (Å²) in [6.45, 7) is 7.26. The molecule has 0 aliphatic carbocycles. The number of ether oxygens (including phenoxy) is 1. The number of piperazine rings is 1. The fraction of sp³-hybridized carbons (Fsp3) is 0.576. The maximum Gasteiger partial charge on any atom is 0.318 e. The number of aryl methyl sites for hydroxylation is 1. The van der Waals surface area contributed by atoms with Gasteiger partial charge in [-0.25, -0.2) is 8.78 Å². The fourth-order valence-corrected chi connectivity index (χ4v) is 9.13. The minimum absolute atomic E-state index is 0.0689. The Hall–Kier alpha value is -3.43. The molecule has 2 aromatic rings. The normalized spacial score (nSPS) is 26.2. The number of hydrogen-bond acceptors (Lipinski definition) is 9. The Morgan fingerprint density at radius 2 is 2.04 bits per heavy atom. The van der Waals surface area contributed by atoms with E-state index < -0.39 is 23.9 Å². The maximum atomic E-state index is 14.5. The van der Waals surface area contributed by atoms with Gasteiger partial charge in [0.05, 0.1) is 42.0 Å². The summed E-state index contributed by atoms with van der Waals surface area (Å²) in [6, 6.07) is 8.49. The van der Waals surface area contributed by atoms with Gasteiger partial charge in [-0.2, -0.15) is 15.2 Å². The molecule has 0 saturated carbocycles. The van der Waals surface area contributed by atoms with Crippen LogP contribution in [0.3, 0.4) is 0 Å². The van der Waals surface area contributed by atoms with Crippen molar-refractivity contribution < 1.29 is 18.3 Å². The van der Waals surface area contributed by atoms with E-state index in [2.05, 4.69) is 45.5 Å². The van der Waals surface area contributed by atoms with Crippen LogP contribution in [0.2, 0.25) is 0 Å². The Morgan fingerprint density at radius 1 is 1.16 bits per heavy atom. The van der Waals surface area contributed by atoms with Gasteiger partial charge in [-0.1, -0.05) is 18.7 Å². The van der Waals surface area contributed by atoms with Crippen molar-refractivity contribution >= 4 is 29.2 Å². The molecular weight excluding hydrogens is 596 g/mol. The lowest BCUT2D eigenvalue weighted by Crippen LogP contribution is -2.55. The molecular formula is C33H39F2N7O2S. The van der Waals surface area contributed by atoms with Crippen LogP contribution >= 0.6 is 11.8 Å². The molecule has 0 spiro atoms. The Morgan fingerprint density at radius 3 is 2.89 bits per heavy atom. The SMILES string of the molecule is C=C(F)C(=O)N1CCN(c2nc(OCC34CCCN3C[C@H](F)C4)nc3c2CCN(c2cccc4c2SCCC4)C3)C[C@@H]1CC#N. The smallest absolute Gasteiger partial charge is 0.318 e. The quantitative estimate of drug-likeness (QED) is 0.410. The maximum absolute atomic E-state index is 14.5. The molecule has 3 saturated heterocycles. The summed E-state index contributed by atoms with van der Waals surface area (Å²) >= 11 is 1.93. The zero-order valence-electron chi connectivity index (χ0n) is 25.5. The van der Waals surface area contributed by atoms with Gasteiger partial charge in [0, 0.05) is 49.6 Å². The lowest BCUT2D eigenvalue weighted by molar-refractivity contribution is -0.131. The van der Waals surface area contributed by atoms with E-state index in [-0.39, 0.29) is 24.5 Å². The molecule has 5 aliphatic rings. The topological polar surface area (TPSA) is 88.8 Å². The summed E-state index contributed by atoms with van der Waals surface area (Å²) in [5.74, 6) is 0.0617. The molecule has 0 radical (unpaired) electrons. The van der Waals surface area contributed by atoms with Crippen LogP contribution in [0.4, 0.5) is 20.3 Å². The average molecular weight is 636 g/mol. The molecule has 238 valence electrons. The first-order valence-electron chi connectivity index (χ1n) is 16.0. The van der Waals surface area contributed by atoms with E-state index in [9.17, 15) is 18.8 Å². The average Bonchev–Trinajstić information content (AvgIpc) is 3.58. The van der Waals surface area contributed by atoms with Crippen LogP contribution in [0.25, 0.3) is 0 Å². The minimum atomic E-state index is -1.02. The summed E-state index contributed by atoms with van der Waals surface area (Å²) in [7, 11) is 0. The second-order valence-corrected chi connectivity index (χ2v) is 14.0. The molecule has 9 nitrogen and oxygen atoms in total. The van der Waals surface area contributed by atoms with E-state index in [1.54, 1.807) is 0 Å². The van der Waals surface area contributed by atoms with Crippen LogP contribution in [0.1, 0.15) is 48.9 Å². The monoisotopic (exact) mass is 635 g/mol. The third-order valence-corrected chi connectivity index (χ3v) is 11.4. The van der Waals surface area contributed by atoms with Crippen molar-refractivity contribution in [2.45, 2.75) is 74.1 Å². The van der Waals surface area contributed by atoms with Crippen LogP contribution in [0.15, 0.2) is 35.5 Å². The molecule has 5 aliphatic heterocycles. The molecule has 45 heavy (non-hydrogen) atoms. The molecule has 12 heteroatoms. The van der Waals surface area contributed by atoms with Gasteiger partial charge in [0.1, 0.15) is 18.6 Å². The summed E-state index contributed by atoms with van der Waals surface area (Å²) in [6.07, 6.45) is 4.60. The standard InChI is InChI=1S/C33H39F2N7O2S/c1-22(34)31(43)42-15-14-40(19-25(42)8-11-36)30-26-9-13-39(28-7-2-5-23-6-3-16-45-29(23)28)20-27(26)37-32(38-30)44-21-33-10-4-12-41(33)18-24(35)17-33/h2,5,7,24-25H,1,3-4,6,8-10,12-21H2/t24-,25+,33?/m1/s1. The Labute approximate surface area is 267 Å². The van der Waals surface area contributed by atoms with Gasteiger partial charge in [-0.15, -0.1) is 11.8 Å². The summed E-state index contributed by atoms with van der Waals surface area (Å²) in [5.41, 5.74) is 4.23. The van der Waals surface area contributed by atoms with Crippen LogP contribution in [0, 0.1) is 11.3 Å². The first-order chi connectivity index (χ1) is 21.8. The van der Waals surface area contributed by atoms with Crippen LogP contribution in [-0.4, -0.2) is 95.1 Å². The molecule has 1 aromatic carbocycles. The van der Waals surface area contributed by atoms with Gasteiger partial charge in [-0.05, 0) is 56.0 Å². The number of fused-ring (bicyclic) bond motifs is 3. The number of nitriles is 1. The highest BCUT2D eigenvalue weighted by Crippen LogP contribution is 2.42. The Bertz CT molecular complexity index is 1540. The zero-order valence-corrected chi connectivity index (χ0v) is 26.3. The first-order valence-corrected chi connectivity index (χ1v) is 17.0. The largest absolute Gasteiger partial charge is 0.461 e. The number of benzene rings is 1. The second-order valence-electron chi connectivity index (χ2n) is 12.9. The van der Waals surface area contributed by atoms with Gasteiger partial charge >= 0.3 is 6.01 Å². The number of nitrogens with zero attached hydrogens (tertiary/aromatic N) is 7. The number of carbonyl (C=O) groups excluding carboxylic acids is 1. The summed E-state index contributed by atoms with van der Waals surface area (Å²) in [5, 5.41) is 9.53. The predicted octanol–water partition coefficient (Wildman–Crippen LogP) is 4.45. The summed E-state index contributed by atoms with van der Waals surface area (Å²) in [4.78, 5) is 31.9. The number of amides is 1. The van der Waals surface area contributed by atoms with Gasteiger partial charge in [-0.3, -0.25) is 9.69 Å². The number of halogens is 2. The van der Waals surface area contributed by atoms with E-state index in [0.717, 1.165) is 61.6 Å². The molecule has 0 N–H and O–H groups in total. The summed E-state index contributed by atoms with van der Waals surface area (Å²) < 4.78 is 34.7. The lowest BCUT2D eigenvalue weighted by atomic mass is 9.95. The van der Waals surface area contributed by atoms with Gasteiger partial charge in [0.2, 0.25) is 0 Å². The second kappa shape index (κ2) is 12.4. The van der Waals surface area contributed by atoms with E-state index in [1.807, 2.05) is 11.8 Å². The third-order valence-electron chi connectivity index (χ3n) is 10.1. The van der Waals surface area contributed by atoms with E-state index in [0.29, 0.717) is 39.2 Å². The predicted molar refractivity (Wildman–Crippen MR) is 169 cm³/mol. The van der Waals surface area contributed by atoms with Crippen molar-refractivity contribution in [1.29, 1.82) is 5.26 Å². The first kappa shape index (κ1) is 30.2. The highest BCUT2D eigenvalue weighted by Gasteiger charge is 2.49. The molecule has 1 aromatic heterocycles. The van der Waals surface area contributed by atoms with Crippen molar-refractivity contribution in [2.75, 3.05) is 61.4 Å². The minimum Gasteiger partial charge on any atom is -0.461 e. The van der Waals surface area contributed by atoms with Gasteiger partial charge < -0.3 is 19.4 Å². The van der Waals surface area contributed by atoms with E-state index >= 15 is 0 Å². The molecule has 7 rings (SSSR count). The van der Waals surface area contributed by atoms with Crippen LogP contribution in [0.5, 0.6) is 6.01 Å². The molecule has 3 atom stereocenters. The molecule has 0 bridgehead atoms. The van der Waals surface area contributed by atoms with Crippen molar-refractivity contribution in [3.05, 3.63) is 47.4 Å². The van der Waals surface area contributed by atoms with Crippen molar-refractivity contribution in [3.8, 4) is 12.1 Å². The molecule has 1 unspecified atom stereocenters. The van der Waals surface area contributed by atoms with Crippen molar-refractivity contribution in [2.24, 2.45) is 0 Å². The third kappa shape index (κ3) is 5.74. The van der Waals surface area contributed by atoms with Gasteiger partial charge in [0.25, 0.3) is 5.91 Å². The number of alkyl halides is 1. The number of thioether (sulfide) groups is 1. The van der Waals surface area contributed by atoms with Crippen LogP contribution < -0.4 is 14.5 Å². The highest BCUT2D eigenvalue weighted by molar-refractivity contribution is 7.99. The molecule has 6 heterocycles. The fourth-order valence-electron chi connectivity index (χ4n) is 7.94. The van der Waals surface area contributed by atoms with E-state index in [1.165, 1.54) is 27.5 Å². The number of anilines is 2. The molecule has 3 fully saturated rings. The van der Waals surface area contributed by atoms with Crippen molar-refractivity contribution in [3.63, 3.8) is 0 Å². The number of carbonyl (C=O) groups is 1. The number of aromatic nitrogens is 2. The number of rotatable bonds is 7. The van der Waals surface area contributed by atoms with Crippen LogP contribution in [-0.2, 0) is 24.2 Å². The Balaban J connectivity index is 1.21. The number of hydrogen-bond donors (Lipinski definition) is 0. The zero-order chi connectivity index (χ0) is 31.1. The lowest BCUT2D eigenvalue weighted by Gasteiger charge is -2.42. The highest BCUT2D eigenvalue weighted by atomic mass is 32.2. The Kier molecular flexibility index (Phi) is 8.33. The van der Waals surface area contributed by atoms with Crippen molar-refractivity contribution in [1.82, 2.24) is 19.8 Å². The van der Waals surface area contributed by atoms with E-state index in [4.69, 9.17) is 14.7 Å².